The van der Waals surface area contributed by atoms with Gasteiger partial charge in [0.1, 0.15) is 6.61 Å². The quantitative estimate of drug-likeness (QED) is 0.0279. The summed E-state index contributed by atoms with van der Waals surface area (Å²) in [4.78, 5) is 34.6. The van der Waals surface area contributed by atoms with Crippen molar-refractivity contribution in [2.75, 3.05) is 20.3 Å². The van der Waals surface area contributed by atoms with Crippen LogP contribution in [0.5, 0.6) is 0 Å². The molecule has 0 spiro atoms. The van der Waals surface area contributed by atoms with Crippen molar-refractivity contribution in [2.24, 2.45) is 0 Å². The van der Waals surface area contributed by atoms with Crippen molar-refractivity contribution >= 4 is 19.8 Å². The van der Waals surface area contributed by atoms with Gasteiger partial charge in [0.2, 0.25) is 0 Å². The lowest BCUT2D eigenvalue weighted by Crippen LogP contribution is -2.29. The van der Waals surface area contributed by atoms with Gasteiger partial charge in [-0.1, -0.05) is 217 Å². The lowest BCUT2D eigenvalue weighted by molar-refractivity contribution is -0.161. The highest BCUT2D eigenvalue weighted by atomic mass is 31.2. The Bertz CT molecular complexity index is 1100. The summed E-state index contributed by atoms with van der Waals surface area (Å²) in [6, 6.07) is 0. The van der Waals surface area contributed by atoms with Gasteiger partial charge in [-0.25, -0.2) is 4.57 Å². The van der Waals surface area contributed by atoms with Crippen molar-refractivity contribution in [1.82, 2.24) is 0 Å². The Morgan fingerprint density at radius 1 is 0.492 bits per heavy atom. The first-order chi connectivity index (χ1) is 28.8. The first kappa shape index (κ1) is 57.0. The molecule has 0 aliphatic heterocycles. The minimum atomic E-state index is -4.27. The molecule has 0 amide bonds. The zero-order chi connectivity index (χ0) is 43.2. The molecule has 0 aromatic rings. The Kier molecular flexibility index (Phi) is 44.0. The molecule has 0 heterocycles. The maximum absolute atomic E-state index is 12.6. The number of carbonyl (C=O) groups is 2. The molecule has 0 saturated heterocycles. The third kappa shape index (κ3) is 45.4. The molecule has 0 rings (SSSR count). The van der Waals surface area contributed by atoms with Crippen molar-refractivity contribution in [3.05, 3.63) is 48.6 Å². The Balaban J connectivity index is 3.92. The second-order valence-electron chi connectivity index (χ2n) is 16.2. The van der Waals surface area contributed by atoms with Crippen LogP contribution in [0.3, 0.4) is 0 Å². The number of hydrogen-bond donors (Lipinski definition) is 1. The fraction of sp³-hybridized carbons (Fsp3) is 0.800. The minimum Gasteiger partial charge on any atom is -0.462 e. The van der Waals surface area contributed by atoms with E-state index in [4.69, 9.17) is 14.0 Å². The average molecular weight is 851 g/mol. The standard InChI is InChI=1S/C50H91O8P/c1-4-6-8-10-12-14-16-18-20-22-23-24-25-26-27-29-31-33-35-37-39-41-43-45-50(52)58-48(47-57-59(53,54)55-3)46-56-49(51)44-42-40-38-36-34-32-30-28-21-19-17-15-13-11-9-7-5-2/h6,8,12,14,18,20,23-24,48H,4-5,7,9-11,13,15-17,19,21-22,25-47H2,1-3H3,(H,53,54)/b8-6-,14-12-,20-18-,24-23-. The van der Waals surface area contributed by atoms with E-state index in [9.17, 15) is 19.0 Å². The lowest BCUT2D eigenvalue weighted by atomic mass is 10.0. The monoisotopic (exact) mass is 851 g/mol. The van der Waals surface area contributed by atoms with Crippen LogP contribution in [-0.4, -0.2) is 43.3 Å². The number of phosphoric acid groups is 1. The van der Waals surface area contributed by atoms with Crippen LogP contribution >= 0.6 is 7.82 Å². The van der Waals surface area contributed by atoms with E-state index >= 15 is 0 Å². The molecule has 0 aliphatic carbocycles. The van der Waals surface area contributed by atoms with E-state index in [2.05, 4.69) is 67.0 Å². The van der Waals surface area contributed by atoms with Crippen LogP contribution in [0.15, 0.2) is 48.6 Å². The second kappa shape index (κ2) is 45.5. The number of phosphoric ester groups is 1. The highest BCUT2D eigenvalue weighted by Crippen LogP contribution is 2.42. The van der Waals surface area contributed by atoms with Crippen molar-refractivity contribution in [3.8, 4) is 0 Å². The molecule has 0 aromatic heterocycles. The SMILES string of the molecule is CC/C=C\C/C=C\C/C=C\C/C=C\CCCCCCCCCCCCC(=O)OC(COC(=O)CCCCCCCCCCCCCCCCCCC)COP(=O)(O)OC. The predicted octanol–water partition coefficient (Wildman–Crippen LogP) is 15.7. The third-order valence-corrected chi connectivity index (χ3v) is 11.5. The van der Waals surface area contributed by atoms with Gasteiger partial charge in [0.05, 0.1) is 6.61 Å². The molecule has 9 heteroatoms. The Morgan fingerprint density at radius 2 is 0.864 bits per heavy atom. The summed E-state index contributed by atoms with van der Waals surface area (Å²) in [5, 5.41) is 0. The molecule has 1 N–H and O–H groups in total. The summed E-state index contributed by atoms with van der Waals surface area (Å²) in [7, 11) is -3.20. The summed E-state index contributed by atoms with van der Waals surface area (Å²) in [6.07, 6.45) is 55.9. The average Bonchev–Trinajstić information content (AvgIpc) is 3.23. The number of allylic oxidation sites excluding steroid dienone is 8. The van der Waals surface area contributed by atoms with E-state index in [1.807, 2.05) is 0 Å². The zero-order valence-corrected chi connectivity index (χ0v) is 39.3. The van der Waals surface area contributed by atoms with Gasteiger partial charge in [0.15, 0.2) is 6.10 Å². The second-order valence-corrected chi connectivity index (χ2v) is 17.8. The topological polar surface area (TPSA) is 108 Å². The molecule has 2 unspecified atom stereocenters. The normalized spacial score (nSPS) is 13.6. The van der Waals surface area contributed by atoms with Gasteiger partial charge in [-0.05, 0) is 51.4 Å². The number of esters is 2. The molecule has 0 bridgehead atoms. The fourth-order valence-corrected chi connectivity index (χ4v) is 7.35. The van der Waals surface area contributed by atoms with Crippen molar-refractivity contribution < 1.29 is 37.6 Å². The minimum absolute atomic E-state index is 0.225. The molecule has 0 fully saturated rings. The van der Waals surface area contributed by atoms with E-state index in [0.717, 1.165) is 77.7 Å². The third-order valence-electron chi connectivity index (χ3n) is 10.6. The smallest absolute Gasteiger partial charge is 0.462 e. The van der Waals surface area contributed by atoms with Gasteiger partial charge >= 0.3 is 19.8 Å². The van der Waals surface area contributed by atoms with Crippen LogP contribution in [0.4, 0.5) is 0 Å². The summed E-state index contributed by atoms with van der Waals surface area (Å²) in [6.45, 7) is 3.80. The summed E-state index contributed by atoms with van der Waals surface area (Å²) >= 11 is 0. The van der Waals surface area contributed by atoms with Crippen molar-refractivity contribution in [1.29, 1.82) is 0 Å². The van der Waals surface area contributed by atoms with Crippen molar-refractivity contribution in [3.63, 3.8) is 0 Å². The van der Waals surface area contributed by atoms with Crippen LogP contribution in [0.25, 0.3) is 0 Å². The van der Waals surface area contributed by atoms with E-state index in [-0.39, 0.29) is 19.0 Å². The summed E-state index contributed by atoms with van der Waals surface area (Å²) in [5.74, 6) is -0.800. The lowest BCUT2D eigenvalue weighted by Gasteiger charge is -2.19. The van der Waals surface area contributed by atoms with Gasteiger partial charge < -0.3 is 14.4 Å². The first-order valence-corrected chi connectivity index (χ1v) is 25.8. The van der Waals surface area contributed by atoms with Crippen LogP contribution in [0.1, 0.15) is 232 Å². The summed E-state index contributed by atoms with van der Waals surface area (Å²) in [5.41, 5.74) is 0. The van der Waals surface area contributed by atoms with E-state index < -0.39 is 26.5 Å². The van der Waals surface area contributed by atoms with Gasteiger partial charge in [-0.15, -0.1) is 0 Å². The molecule has 59 heavy (non-hydrogen) atoms. The highest BCUT2D eigenvalue weighted by molar-refractivity contribution is 7.47. The molecule has 8 nitrogen and oxygen atoms in total. The Morgan fingerprint density at radius 3 is 1.29 bits per heavy atom. The molecule has 0 aromatic carbocycles. The molecular formula is C50H91O8P. The van der Waals surface area contributed by atoms with Crippen LogP contribution in [-0.2, 0) is 32.7 Å². The number of hydrogen-bond acceptors (Lipinski definition) is 7. The molecular weight excluding hydrogens is 760 g/mol. The summed E-state index contributed by atoms with van der Waals surface area (Å²) < 4.78 is 32.1. The van der Waals surface area contributed by atoms with Gasteiger partial charge in [-0.2, -0.15) is 0 Å². The van der Waals surface area contributed by atoms with Crippen LogP contribution < -0.4 is 0 Å². The molecule has 0 aliphatic rings. The number of rotatable bonds is 45. The largest absolute Gasteiger partial charge is 0.472 e. The zero-order valence-electron chi connectivity index (χ0n) is 38.4. The number of ether oxygens (including phenoxy) is 2. The highest BCUT2D eigenvalue weighted by Gasteiger charge is 2.24. The Labute approximate surface area is 363 Å². The van der Waals surface area contributed by atoms with Gasteiger partial charge in [-0.3, -0.25) is 18.6 Å². The fourth-order valence-electron chi connectivity index (χ4n) is 6.89. The number of unbranched alkanes of at least 4 members (excludes halogenated alkanes) is 26. The predicted molar refractivity (Wildman–Crippen MR) is 249 cm³/mol. The van der Waals surface area contributed by atoms with Gasteiger partial charge in [0, 0.05) is 20.0 Å². The van der Waals surface area contributed by atoms with Crippen LogP contribution in [0.2, 0.25) is 0 Å². The van der Waals surface area contributed by atoms with E-state index in [1.54, 1.807) is 0 Å². The van der Waals surface area contributed by atoms with E-state index in [1.165, 1.54) is 128 Å². The Hall–Kier alpha value is -1.99. The maximum Gasteiger partial charge on any atom is 0.472 e. The van der Waals surface area contributed by atoms with Crippen LogP contribution in [0, 0.1) is 0 Å². The van der Waals surface area contributed by atoms with Crippen molar-refractivity contribution in [2.45, 2.75) is 238 Å². The molecule has 2 atom stereocenters. The number of carbonyl (C=O) groups excluding carboxylic acids is 2. The maximum atomic E-state index is 12.6. The molecule has 344 valence electrons. The molecule has 0 radical (unpaired) electrons. The van der Waals surface area contributed by atoms with E-state index in [0.29, 0.717) is 12.8 Å². The first-order valence-electron chi connectivity index (χ1n) is 24.3. The molecule has 0 saturated carbocycles. The van der Waals surface area contributed by atoms with Gasteiger partial charge in [0.25, 0.3) is 0 Å².